The van der Waals surface area contributed by atoms with E-state index in [-0.39, 0.29) is 17.6 Å². The number of nitrogens with two attached hydrogens (primary N) is 1. The van der Waals surface area contributed by atoms with Crippen LogP contribution in [0, 0.1) is 11.2 Å². The smallest absolute Gasteiger partial charge is 0.251 e. The summed E-state index contributed by atoms with van der Waals surface area (Å²) in [5, 5.41) is 0. The van der Waals surface area contributed by atoms with Crippen LogP contribution < -0.4 is 5.73 Å². The Labute approximate surface area is 176 Å². The van der Waals surface area contributed by atoms with Crippen LogP contribution in [0.15, 0.2) is 48.5 Å². The molecule has 2 aromatic carbocycles. The highest BCUT2D eigenvalue weighted by atomic mass is 19.1. The highest BCUT2D eigenvalue weighted by Crippen LogP contribution is 2.35. The van der Waals surface area contributed by atoms with Crippen LogP contribution >= 0.6 is 0 Å². The molecule has 2 aromatic rings. The number of carbonyl (C=O) groups excluding carboxylic acids is 2. The molecule has 0 aliphatic carbocycles. The molecule has 0 aromatic heterocycles. The van der Waals surface area contributed by atoms with Crippen LogP contribution in [0.25, 0.3) is 11.1 Å². The van der Waals surface area contributed by atoms with Gasteiger partial charge in [0.2, 0.25) is 5.91 Å². The molecule has 0 unspecified atom stereocenters. The van der Waals surface area contributed by atoms with Crippen LogP contribution in [-0.4, -0.2) is 42.5 Å². The van der Waals surface area contributed by atoms with E-state index in [1.807, 2.05) is 24.3 Å². The third-order valence-corrected chi connectivity index (χ3v) is 6.30. The lowest BCUT2D eigenvalue weighted by Crippen LogP contribution is -2.55. The van der Waals surface area contributed by atoms with E-state index in [4.69, 9.17) is 10.5 Å². The molecule has 6 heteroatoms. The standard InChI is InChI=1S/C24H27FN2O3/c25-20-6-2-1-5-19(20)18-10-8-17(9-11-18)15-24(23(26)29)12-4-13-27(16-24)22(28)21-7-3-14-30-21/h1-2,5-6,8-11,21H,3-4,7,12-16H2,(H2,26,29)/t21-,24-/m1/s1. The first-order chi connectivity index (χ1) is 14.5. The SMILES string of the molecule is NC(=O)[C@@]1(Cc2ccc(-c3ccccc3F)cc2)CCCN(C(=O)[C@H]2CCCO2)C1. The van der Waals surface area contributed by atoms with Crippen LogP contribution in [-0.2, 0) is 20.7 Å². The average Bonchev–Trinajstić information content (AvgIpc) is 3.29. The predicted molar refractivity (Wildman–Crippen MR) is 112 cm³/mol. The number of hydrogen-bond donors (Lipinski definition) is 1. The monoisotopic (exact) mass is 410 g/mol. The van der Waals surface area contributed by atoms with Gasteiger partial charge in [0.1, 0.15) is 11.9 Å². The van der Waals surface area contributed by atoms with Gasteiger partial charge in [-0.3, -0.25) is 9.59 Å². The van der Waals surface area contributed by atoms with Crippen LogP contribution in [0.1, 0.15) is 31.2 Å². The van der Waals surface area contributed by atoms with Gasteiger partial charge in [-0.25, -0.2) is 4.39 Å². The van der Waals surface area contributed by atoms with Crippen molar-refractivity contribution in [1.29, 1.82) is 0 Å². The van der Waals surface area contributed by atoms with E-state index in [1.54, 1.807) is 23.1 Å². The second kappa shape index (κ2) is 8.56. The van der Waals surface area contributed by atoms with Crippen molar-refractivity contribution in [3.63, 3.8) is 0 Å². The minimum Gasteiger partial charge on any atom is -0.369 e. The zero-order valence-corrected chi connectivity index (χ0v) is 17.0. The molecule has 2 atom stereocenters. The third-order valence-electron chi connectivity index (χ3n) is 6.30. The van der Waals surface area contributed by atoms with Crippen molar-refractivity contribution in [3.8, 4) is 11.1 Å². The topological polar surface area (TPSA) is 72.6 Å². The summed E-state index contributed by atoms with van der Waals surface area (Å²) in [5.74, 6) is -0.687. The number of ether oxygens (including phenoxy) is 1. The first kappa shape index (κ1) is 20.5. The lowest BCUT2D eigenvalue weighted by atomic mass is 9.74. The maximum Gasteiger partial charge on any atom is 0.251 e. The number of piperidine rings is 1. The number of likely N-dealkylation sites (tertiary alicyclic amines) is 1. The van der Waals surface area contributed by atoms with Gasteiger partial charge in [-0.2, -0.15) is 0 Å². The molecule has 2 fully saturated rings. The second-order valence-electron chi connectivity index (χ2n) is 8.36. The fraction of sp³-hybridized carbons (Fsp3) is 0.417. The molecular weight excluding hydrogens is 383 g/mol. The van der Waals surface area contributed by atoms with Crippen LogP contribution in [0.3, 0.4) is 0 Å². The number of benzene rings is 2. The van der Waals surface area contributed by atoms with Crippen molar-refractivity contribution in [1.82, 2.24) is 4.90 Å². The number of hydrogen-bond acceptors (Lipinski definition) is 3. The van der Waals surface area contributed by atoms with Crippen LogP contribution in [0.2, 0.25) is 0 Å². The number of amides is 2. The van der Waals surface area contributed by atoms with Crippen molar-refractivity contribution in [2.75, 3.05) is 19.7 Å². The molecule has 2 aliphatic heterocycles. The quantitative estimate of drug-likeness (QED) is 0.822. The Morgan fingerprint density at radius 3 is 2.57 bits per heavy atom. The van der Waals surface area contributed by atoms with Crippen molar-refractivity contribution in [2.45, 2.75) is 38.2 Å². The summed E-state index contributed by atoms with van der Waals surface area (Å²) in [4.78, 5) is 27.1. The Hall–Kier alpha value is -2.73. The number of rotatable bonds is 5. The van der Waals surface area contributed by atoms with E-state index in [0.717, 1.165) is 30.4 Å². The first-order valence-corrected chi connectivity index (χ1v) is 10.5. The first-order valence-electron chi connectivity index (χ1n) is 10.5. The zero-order valence-electron chi connectivity index (χ0n) is 17.0. The fourth-order valence-electron chi connectivity index (χ4n) is 4.62. The van der Waals surface area contributed by atoms with Gasteiger partial charge in [0.15, 0.2) is 0 Å². The zero-order chi connectivity index (χ0) is 21.1. The third kappa shape index (κ3) is 4.10. The lowest BCUT2D eigenvalue weighted by Gasteiger charge is -2.41. The van der Waals surface area contributed by atoms with Crippen molar-refractivity contribution >= 4 is 11.8 Å². The van der Waals surface area contributed by atoms with Crippen LogP contribution in [0.5, 0.6) is 0 Å². The van der Waals surface area contributed by atoms with E-state index in [2.05, 4.69) is 0 Å². The molecular formula is C24H27FN2O3. The van der Waals surface area contributed by atoms with Crippen LogP contribution in [0.4, 0.5) is 4.39 Å². The van der Waals surface area contributed by atoms with Crippen molar-refractivity contribution < 1.29 is 18.7 Å². The summed E-state index contributed by atoms with van der Waals surface area (Å²) in [5.41, 5.74) is 7.32. The van der Waals surface area contributed by atoms with Gasteiger partial charge in [0.05, 0.1) is 5.41 Å². The Morgan fingerprint density at radius 2 is 1.90 bits per heavy atom. The van der Waals surface area contributed by atoms with Gasteiger partial charge in [-0.1, -0.05) is 42.5 Å². The van der Waals surface area contributed by atoms with Crippen molar-refractivity contribution in [2.24, 2.45) is 11.1 Å². The predicted octanol–water partition coefficient (Wildman–Crippen LogP) is 3.31. The number of halogens is 1. The maximum absolute atomic E-state index is 14.1. The molecule has 2 saturated heterocycles. The number of carbonyl (C=O) groups is 2. The molecule has 0 bridgehead atoms. The molecule has 30 heavy (non-hydrogen) atoms. The van der Waals surface area contributed by atoms with Gasteiger partial charge in [0, 0.05) is 25.3 Å². The number of nitrogens with zero attached hydrogens (tertiary/aromatic N) is 1. The summed E-state index contributed by atoms with van der Waals surface area (Å²) < 4.78 is 19.6. The minimum atomic E-state index is -0.800. The van der Waals surface area contributed by atoms with E-state index in [1.165, 1.54) is 6.07 Å². The Balaban J connectivity index is 1.52. The molecule has 2 amide bonds. The average molecular weight is 410 g/mol. The van der Waals surface area contributed by atoms with Gasteiger partial charge >= 0.3 is 0 Å². The van der Waals surface area contributed by atoms with Gasteiger partial charge in [-0.15, -0.1) is 0 Å². The molecule has 5 nitrogen and oxygen atoms in total. The molecule has 2 heterocycles. The lowest BCUT2D eigenvalue weighted by molar-refractivity contribution is -0.147. The van der Waals surface area contributed by atoms with Crippen molar-refractivity contribution in [3.05, 3.63) is 59.9 Å². The summed E-state index contributed by atoms with van der Waals surface area (Å²) in [6, 6.07) is 14.2. The molecule has 2 N–H and O–H groups in total. The van der Waals surface area contributed by atoms with Gasteiger partial charge in [0.25, 0.3) is 5.91 Å². The van der Waals surface area contributed by atoms with Gasteiger partial charge < -0.3 is 15.4 Å². The molecule has 0 saturated carbocycles. The Morgan fingerprint density at radius 1 is 1.13 bits per heavy atom. The minimum absolute atomic E-state index is 0.0345. The fourth-order valence-corrected chi connectivity index (χ4v) is 4.62. The van der Waals surface area contributed by atoms with E-state index in [0.29, 0.717) is 38.1 Å². The van der Waals surface area contributed by atoms with E-state index < -0.39 is 11.5 Å². The summed E-state index contributed by atoms with van der Waals surface area (Å²) >= 11 is 0. The summed E-state index contributed by atoms with van der Waals surface area (Å²) in [6.07, 6.45) is 3.06. The molecule has 158 valence electrons. The summed E-state index contributed by atoms with van der Waals surface area (Å²) in [7, 11) is 0. The second-order valence-corrected chi connectivity index (χ2v) is 8.36. The highest BCUT2D eigenvalue weighted by molar-refractivity contribution is 5.85. The Bertz CT molecular complexity index is 924. The normalized spacial score (nSPS) is 24.0. The largest absolute Gasteiger partial charge is 0.369 e. The molecule has 4 rings (SSSR count). The summed E-state index contributed by atoms with van der Waals surface area (Å²) in [6.45, 7) is 1.55. The molecule has 0 radical (unpaired) electrons. The highest BCUT2D eigenvalue weighted by Gasteiger charge is 2.43. The molecule has 0 spiro atoms. The van der Waals surface area contributed by atoms with E-state index in [9.17, 15) is 14.0 Å². The number of primary amides is 1. The molecule has 2 aliphatic rings. The van der Waals surface area contributed by atoms with Gasteiger partial charge in [-0.05, 0) is 49.3 Å². The van der Waals surface area contributed by atoms with E-state index >= 15 is 0 Å². The Kier molecular flexibility index (Phi) is 5.86. The maximum atomic E-state index is 14.1.